The van der Waals surface area contributed by atoms with Crippen LogP contribution in [0.5, 0.6) is 11.5 Å². The lowest BCUT2D eigenvalue weighted by atomic mass is 10.1. The molecule has 1 atom stereocenters. The minimum atomic E-state index is -3.29. The van der Waals surface area contributed by atoms with Gasteiger partial charge in [0.05, 0.1) is 11.4 Å². The summed E-state index contributed by atoms with van der Waals surface area (Å²) in [7, 11) is -3.29. The van der Waals surface area contributed by atoms with E-state index in [4.69, 9.17) is 9.47 Å². The fraction of sp³-hybridized carbons (Fsp3) is 0.350. The van der Waals surface area contributed by atoms with E-state index in [0.29, 0.717) is 36.8 Å². The number of fused-ring (bicyclic) bond motifs is 1. The van der Waals surface area contributed by atoms with Crippen molar-refractivity contribution in [1.29, 1.82) is 0 Å². The van der Waals surface area contributed by atoms with Crippen molar-refractivity contribution in [3.63, 3.8) is 0 Å². The number of ether oxygens (including phenoxy) is 2. The summed E-state index contributed by atoms with van der Waals surface area (Å²) in [5, 5.41) is 0. The molecular formula is C20H23NO5S. The summed E-state index contributed by atoms with van der Waals surface area (Å²) in [5.74, 6) is 1.23. The molecule has 6 nitrogen and oxygen atoms in total. The third kappa shape index (κ3) is 4.60. The molecule has 1 heterocycles. The Hall–Kier alpha value is -2.54. The first-order chi connectivity index (χ1) is 12.9. The second kappa shape index (κ2) is 8.00. The van der Waals surface area contributed by atoms with Crippen molar-refractivity contribution >= 4 is 15.7 Å². The van der Waals surface area contributed by atoms with E-state index in [1.165, 1.54) is 12.1 Å². The van der Waals surface area contributed by atoms with Gasteiger partial charge in [0.25, 0.3) is 5.91 Å². The second-order valence-electron chi connectivity index (χ2n) is 6.55. The second-order valence-corrected chi connectivity index (χ2v) is 8.56. The molecule has 1 amide bonds. The van der Waals surface area contributed by atoms with E-state index in [2.05, 4.69) is 0 Å². The number of nitrogens with zero attached hydrogens (tertiary/aromatic N) is 1. The highest BCUT2D eigenvalue weighted by atomic mass is 32.2. The van der Waals surface area contributed by atoms with Crippen LogP contribution in [0.3, 0.4) is 0 Å². The molecule has 0 radical (unpaired) electrons. The van der Waals surface area contributed by atoms with Crippen LogP contribution in [0.4, 0.5) is 0 Å². The molecule has 0 bridgehead atoms. The zero-order valence-corrected chi connectivity index (χ0v) is 16.2. The van der Waals surface area contributed by atoms with Crippen LogP contribution in [0, 0.1) is 0 Å². The summed E-state index contributed by atoms with van der Waals surface area (Å²) >= 11 is 0. The number of hydrogen-bond donors (Lipinski definition) is 0. The molecule has 1 aliphatic heterocycles. The predicted octanol–water partition coefficient (Wildman–Crippen LogP) is 2.78. The molecule has 0 saturated carbocycles. The Morgan fingerprint density at radius 1 is 1.11 bits per heavy atom. The zero-order valence-electron chi connectivity index (χ0n) is 15.4. The van der Waals surface area contributed by atoms with Crippen LogP contribution in [0.1, 0.15) is 23.7 Å². The van der Waals surface area contributed by atoms with Gasteiger partial charge in [-0.05, 0) is 42.8 Å². The van der Waals surface area contributed by atoms with Crippen LogP contribution in [0.15, 0.2) is 53.4 Å². The van der Waals surface area contributed by atoms with Gasteiger partial charge >= 0.3 is 0 Å². The van der Waals surface area contributed by atoms with Crippen molar-refractivity contribution in [2.45, 2.75) is 24.3 Å². The lowest BCUT2D eigenvalue weighted by Crippen LogP contribution is -2.44. The standard InChI is InChI=1S/C20H23NO5S/c1-3-12-21(13-16-14-25-18-6-4-5-7-19(18)26-16)20(22)15-8-10-17(11-9-15)27(2,23)24/h4-11,16H,3,12-14H2,1-2H3. The predicted molar refractivity (Wildman–Crippen MR) is 102 cm³/mol. The molecule has 1 unspecified atom stereocenters. The fourth-order valence-corrected chi connectivity index (χ4v) is 3.60. The minimum Gasteiger partial charge on any atom is -0.486 e. The molecule has 0 aromatic heterocycles. The van der Waals surface area contributed by atoms with Crippen molar-refractivity contribution in [3.8, 4) is 11.5 Å². The quantitative estimate of drug-likeness (QED) is 0.760. The van der Waals surface area contributed by atoms with Crippen molar-refractivity contribution in [2.24, 2.45) is 0 Å². The Balaban J connectivity index is 1.72. The van der Waals surface area contributed by atoms with E-state index in [0.717, 1.165) is 12.7 Å². The van der Waals surface area contributed by atoms with Crippen LogP contribution >= 0.6 is 0 Å². The SMILES string of the molecule is CCCN(CC1COc2ccccc2O1)C(=O)c1ccc(S(C)(=O)=O)cc1. The maximum atomic E-state index is 12.9. The number of sulfone groups is 1. The molecule has 0 fully saturated rings. The van der Waals surface area contributed by atoms with E-state index < -0.39 is 9.84 Å². The lowest BCUT2D eigenvalue weighted by molar-refractivity contribution is 0.0462. The average Bonchev–Trinajstić information content (AvgIpc) is 2.66. The molecule has 144 valence electrons. The van der Waals surface area contributed by atoms with Gasteiger partial charge in [0, 0.05) is 18.4 Å². The molecule has 7 heteroatoms. The summed E-state index contributed by atoms with van der Waals surface area (Å²) in [6, 6.07) is 13.5. The average molecular weight is 389 g/mol. The minimum absolute atomic E-state index is 0.153. The number of benzene rings is 2. The summed E-state index contributed by atoms with van der Waals surface area (Å²) < 4.78 is 34.9. The topological polar surface area (TPSA) is 72.9 Å². The molecule has 27 heavy (non-hydrogen) atoms. The van der Waals surface area contributed by atoms with Gasteiger partial charge in [-0.25, -0.2) is 8.42 Å². The van der Waals surface area contributed by atoms with E-state index in [1.54, 1.807) is 17.0 Å². The van der Waals surface area contributed by atoms with Gasteiger partial charge in [0.1, 0.15) is 6.61 Å². The fourth-order valence-electron chi connectivity index (χ4n) is 2.97. The van der Waals surface area contributed by atoms with Crippen LogP contribution in [-0.4, -0.2) is 51.3 Å². The highest BCUT2D eigenvalue weighted by Crippen LogP contribution is 2.31. The van der Waals surface area contributed by atoms with Gasteiger partial charge in [-0.1, -0.05) is 19.1 Å². The van der Waals surface area contributed by atoms with Crippen molar-refractivity contribution in [2.75, 3.05) is 26.0 Å². The normalized spacial score (nSPS) is 16.0. The highest BCUT2D eigenvalue weighted by molar-refractivity contribution is 7.90. The number of amides is 1. The first-order valence-corrected chi connectivity index (χ1v) is 10.8. The molecule has 0 spiro atoms. The summed E-state index contributed by atoms with van der Waals surface area (Å²) in [6.45, 7) is 3.35. The third-order valence-electron chi connectivity index (χ3n) is 4.30. The van der Waals surface area contributed by atoms with E-state index >= 15 is 0 Å². The summed E-state index contributed by atoms with van der Waals surface area (Å²) in [6.07, 6.45) is 1.69. The molecule has 0 saturated heterocycles. The summed E-state index contributed by atoms with van der Waals surface area (Å²) in [5.41, 5.74) is 0.452. The largest absolute Gasteiger partial charge is 0.486 e. The molecule has 2 aromatic carbocycles. The van der Waals surface area contributed by atoms with E-state index in [9.17, 15) is 13.2 Å². The van der Waals surface area contributed by atoms with Gasteiger partial charge in [-0.3, -0.25) is 4.79 Å². The van der Waals surface area contributed by atoms with Crippen LogP contribution in [0.25, 0.3) is 0 Å². The Kier molecular flexibility index (Phi) is 5.70. The van der Waals surface area contributed by atoms with Gasteiger partial charge in [0.2, 0.25) is 0 Å². The number of carbonyl (C=O) groups is 1. The van der Waals surface area contributed by atoms with Crippen LogP contribution < -0.4 is 9.47 Å². The van der Waals surface area contributed by atoms with Gasteiger partial charge in [-0.2, -0.15) is 0 Å². The van der Waals surface area contributed by atoms with Crippen LogP contribution in [0.2, 0.25) is 0 Å². The van der Waals surface area contributed by atoms with E-state index in [1.807, 2.05) is 31.2 Å². The zero-order chi connectivity index (χ0) is 19.4. The number of carbonyl (C=O) groups excluding carboxylic acids is 1. The number of para-hydroxylation sites is 2. The monoisotopic (exact) mass is 389 g/mol. The first-order valence-electron chi connectivity index (χ1n) is 8.86. The Morgan fingerprint density at radius 3 is 2.41 bits per heavy atom. The van der Waals surface area contributed by atoms with Gasteiger partial charge in [-0.15, -0.1) is 0 Å². The molecule has 3 rings (SSSR count). The molecule has 2 aromatic rings. The molecule has 0 aliphatic carbocycles. The Bertz CT molecular complexity index is 908. The molecule has 0 N–H and O–H groups in total. The van der Waals surface area contributed by atoms with Crippen molar-refractivity contribution < 1.29 is 22.7 Å². The van der Waals surface area contributed by atoms with E-state index in [-0.39, 0.29) is 16.9 Å². The summed E-state index contributed by atoms with van der Waals surface area (Å²) in [4.78, 5) is 14.8. The smallest absolute Gasteiger partial charge is 0.253 e. The Labute approximate surface area is 159 Å². The lowest BCUT2D eigenvalue weighted by Gasteiger charge is -2.31. The van der Waals surface area contributed by atoms with Crippen molar-refractivity contribution in [1.82, 2.24) is 4.90 Å². The molecule has 1 aliphatic rings. The number of rotatable bonds is 6. The first kappa shape index (κ1) is 19.2. The van der Waals surface area contributed by atoms with Crippen LogP contribution in [-0.2, 0) is 9.84 Å². The maximum Gasteiger partial charge on any atom is 0.253 e. The van der Waals surface area contributed by atoms with Gasteiger partial charge in [0.15, 0.2) is 27.4 Å². The maximum absolute atomic E-state index is 12.9. The third-order valence-corrected chi connectivity index (χ3v) is 5.43. The molecular weight excluding hydrogens is 366 g/mol. The Morgan fingerprint density at radius 2 is 1.78 bits per heavy atom. The van der Waals surface area contributed by atoms with Crippen molar-refractivity contribution in [3.05, 3.63) is 54.1 Å². The number of hydrogen-bond acceptors (Lipinski definition) is 5. The highest BCUT2D eigenvalue weighted by Gasteiger charge is 2.25. The van der Waals surface area contributed by atoms with Gasteiger partial charge < -0.3 is 14.4 Å².